The van der Waals surface area contributed by atoms with Gasteiger partial charge in [-0.15, -0.1) is 0 Å². The number of carbonyl (C=O) groups excluding carboxylic acids is 1. The molecule has 1 N–H and O–H groups in total. The summed E-state index contributed by atoms with van der Waals surface area (Å²) in [7, 11) is 0. The summed E-state index contributed by atoms with van der Waals surface area (Å²) in [6.07, 6.45) is 8.37. The van der Waals surface area contributed by atoms with Gasteiger partial charge in [0.15, 0.2) is 0 Å². The molecular weight excluding hydrogens is 462 g/mol. The Morgan fingerprint density at radius 1 is 1.11 bits per heavy atom. The average Bonchev–Trinajstić information content (AvgIpc) is 3.34. The highest BCUT2D eigenvalue weighted by Gasteiger charge is 2.24. The number of hydrogen-bond acceptors (Lipinski definition) is 6. The van der Waals surface area contributed by atoms with E-state index in [-0.39, 0.29) is 11.9 Å². The van der Waals surface area contributed by atoms with Crippen LogP contribution in [-0.2, 0) is 19.3 Å². The van der Waals surface area contributed by atoms with E-state index in [1.165, 1.54) is 17.5 Å². The molecule has 1 aromatic heterocycles. The van der Waals surface area contributed by atoms with Gasteiger partial charge in [0.05, 0.1) is 11.6 Å². The standard InChI is InChI=1S/C30H35N5O2/c1-2-28-33-29(34-37-28)25-4-3-5-26(19-25)30(36)32-27-10-7-21(8-11-27)12-15-35-16-13-23-9-6-22(20-31)18-24(23)14-17-35/h3-6,9,18-19,21,27H,2,7-8,10-17H2,1H3,(H,32,36). The Morgan fingerprint density at radius 2 is 1.92 bits per heavy atom. The minimum atomic E-state index is -0.0341. The molecule has 0 bridgehead atoms. The van der Waals surface area contributed by atoms with Crippen molar-refractivity contribution in [3.8, 4) is 17.5 Å². The van der Waals surface area contributed by atoms with Crippen molar-refractivity contribution in [3.63, 3.8) is 0 Å². The maximum absolute atomic E-state index is 12.9. The third kappa shape index (κ3) is 6.26. The van der Waals surface area contributed by atoms with Gasteiger partial charge in [-0.1, -0.05) is 30.3 Å². The van der Waals surface area contributed by atoms with E-state index in [1.54, 1.807) is 0 Å². The highest BCUT2D eigenvalue weighted by molar-refractivity contribution is 5.95. The summed E-state index contributed by atoms with van der Waals surface area (Å²) in [6.45, 7) is 5.25. The van der Waals surface area contributed by atoms with Gasteiger partial charge in [-0.3, -0.25) is 4.79 Å². The van der Waals surface area contributed by atoms with Gasteiger partial charge in [0, 0.05) is 36.7 Å². The molecule has 2 aliphatic rings. The summed E-state index contributed by atoms with van der Waals surface area (Å²) in [6, 6.07) is 16.1. The number of nitriles is 1. The first-order valence-corrected chi connectivity index (χ1v) is 13.6. The zero-order valence-electron chi connectivity index (χ0n) is 21.6. The van der Waals surface area contributed by atoms with Crippen molar-refractivity contribution in [2.45, 2.75) is 64.3 Å². The van der Waals surface area contributed by atoms with Gasteiger partial charge in [0.1, 0.15) is 0 Å². The number of hydrogen-bond donors (Lipinski definition) is 1. The van der Waals surface area contributed by atoms with E-state index in [9.17, 15) is 10.1 Å². The third-order valence-electron chi connectivity index (χ3n) is 7.92. The van der Waals surface area contributed by atoms with E-state index in [0.29, 0.717) is 23.7 Å². The zero-order valence-corrected chi connectivity index (χ0v) is 21.6. The molecule has 0 atom stereocenters. The van der Waals surface area contributed by atoms with E-state index in [4.69, 9.17) is 4.52 Å². The third-order valence-corrected chi connectivity index (χ3v) is 7.92. The van der Waals surface area contributed by atoms with Crippen molar-refractivity contribution in [1.29, 1.82) is 5.26 Å². The molecule has 1 fully saturated rings. The highest BCUT2D eigenvalue weighted by atomic mass is 16.5. The van der Waals surface area contributed by atoms with E-state index in [2.05, 4.69) is 38.6 Å². The molecule has 0 saturated heterocycles. The number of benzene rings is 2. The van der Waals surface area contributed by atoms with E-state index >= 15 is 0 Å². The Morgan fingerprint density at radius 3 is 2.68 bits per heavy atom. The molecule has 0 unspecified atom stereocenters. The van der Waals surface area contributed by atoms with Crippen LogP contribution in [0.1, 0.15) is 72.0 Å². The van der Waals surface area contributed by atoms with Gasteiger partial charge in [-0.25, -0.2) is 0 Å². The van der Waals surface area contributed by atoms with E-state index in [0.717, 1.165) is 75.2 Å². The second kappa shape index (κ2) is 11.7. The molecule has 1 amide bonds. The minimum absolute atomic E-state index is 0.0341. The van der Waals surface area contributed by atoms with Crippen molar-refractivity contribution in [2.24, 2.45) is 5.92 Å². The molecule has 37 heavy (non-hydrogen) atoms. The molecule has 3 aromatic rings. The van der Waals surface area contributed by atoms with Gasteiger partial charge in [-0.05, 0) is 92.8 Å². The van der Waals surface area contributed by atoms with Gasteiger partial charge in [-0.2, -0.15) is 10.2 Å². The average molecular weight is 498 g/mol. The van der Waals surface area contributed by atoms with E-state index in [1.807, 2.05) is 37.3 Å². The number of carbonyl (C=O) groups is 1. The number of fused-ring (bicyclic) bond motifs is 1. The Kier molecular flexibility index (Phi) is 7.96. The van der Waals surface area contributed by atoms with Gasteiger partial charge >= 0.3 is 0 Å². The highest BCUT2D eigenvalue weighted by Crippen LogP contribution is 2.28. The minimum Gasteiger partial charge on any atom is -0.349 e. The lowest BCUT2D eigenvalue weighted by atomic mass is 9.84. The number of amides is 1. The predicted octanol–water partition coefficient (Wildman–Crippen LogP) is 4.95. The number of nitrogens with zero attached hydrogens (tertiary/aromatic N) is 4. The first kappa shape index (κ1) is 25.2. The summed E-state index contributed by atoms with van der Waals surface area (Å²) in [5.74, 6) is 1.80. The molecule has 2 heterocycles. The van der Waals surface area contributed by atoms with Gasteiger partial charge in [0.2, 0.25) is 11.7 Å². The summed E-state index contributed by atoms with van der Waals surface area (Å²) in [4.78, 5) is 19.9. The second-order valence-corrected chi connectivity index (χ2v) is 10.4. The molecule has 7 nitrogen and oxygen atoms in total. The Labute approximate surface area is 218 Å². The SMILES string of the molecule is CCc1nc(-c2cccc(C(=O)NC3CCC(CCN4CCc5ccc(C#N)cc5CC4)CC3)c2)no1. The fraction of sp³-hybridized carbons (Fsp3) is 0.467. The zero-order chi connectivity index (χ0) is 25.6. The van der Waals surface area contributed by atoms with Crippen LogP contribution in [-0.4, -0.2) is 46.6 Å². The van der Waals surface area contributed by atoms with Gasteiger partial charge < -0.3 is 14.7 Å². The predicted molar refractivity (Wildman–Crippen MR) is 142 cm³/mol. The van der Waals surface area contributed by atoms with Crippen molar-refractivity contribution < 1.29 is 9.32 Å². The lowest BCUT2D eigenvalue weighted by molar-refractivity contribution is 0.0920. The first-order chi connectivity index (χ1) is 18.1. The lowest BCUT2D eigenvalue weighted by Gasteiger charge is -2.30. The fourth-order valence-corrected chi connectivity index (χ4v) is 5.61. The number of aryl methyl sites for hydroxylation is 1. The normalized spacial score (nSPS) is 20.0. The van der Waals surface area contributed by atoms with Crippen LogP contribution < -0.4 is 5.32 Å². The number of rotatable bonds is 7. The topological polar surface area (TPSA) is 95.1 Å². The van der Waals surface area contributed by atoms with Crippen LogP contribution in [0, 0.1) is 17.2 Å². The monoisotopic (exact) mass is 497 g/mol. The van der Waals surface area contributed by atoms with Crippen LogP contribution in [0.25, 0.3) is 11.4 Å². The summed E-state index contributed by atoms with van der Waals surface area (Å²) < 4.78 is 5.21. The fourth-order valence-electron chi connectivity index (χ4n) is 5.61. The van der Waals surface area contributed by atoms with Crippen LogP contribution in [0.3, 0.4) is 0 Å². The molecule has 2 aromatic carbocycles. The van der Waals surface area contributed by atoms with Crippen LogP contribution in [0.4, 0.5) is 0 Å². The van der Waals surface area contributed by atoms with Crippen molar-refractivity contribution in [2.75, 3.05) is 19.6 Å². The largest absolute Gasteiger partial charge is 0.349 e. The molecule has 0 radical (unpaired) electrons. The molecule has 192 valence electrons. The van der Waals surface area contributed by atoms with Crippen molar-refractivity contribution in [3.05, 3.63) is 70.6 Å². The van der Waals surface area contributed by atoms with Crippen LogP contribution >= 0.6 is 0 Å². The molecule has 1 saturated carbocycles. The Balaban J connectivity index is 1.06. The second-order valence-electron chi connectivity index (χ2n) is 10.4. The molecular formula is C30H35N5O2. The van der Waals surface area contributed by atoms with Crippen molar-refractivity contribution >= 4 is 5.91 Å². The Hall–Kier alpha value is -3.50. The van der Waals surface area contributed by atoms with Crippen LogP contribution in [0.5, 0.6) is 0 Å². The summed E-state index contributed by atoms with van der Waals surface area (Å²) in [5, 5.41) is 16.5. The lowest BCUT2D eigenvalue weighted by Crippen LogP contribution is -2.38. The molecule has 7 heteroatoms. The molecule has 5 rings (SSSR count). The van der Waals surface area contributed by atoms with E-state index < -0.39 is 0 Å². The van der Waals surface area contributed by atoms with Gasteiger partial charge in [0.25, 0.3) is 5.91 Å². The molecule has 1 aliphatic carbocycles. The smallest absolute Gasteiger partial charge is 0.251 e. The molecule has 0 spiro atoms. The summed E-state index contributed by atoms with van der Waals surface area (Å²) in [5.41, 5.74) is 4.92. The number of nitrogens with one attached hydrogen (secondary N) is 1. The summed E-state index contributed by atoms with van der Waals surface area (Å²) >= 11 is 0. The maximum atomic E-state index is 12.9. The van der Waals surface area contributed by atoms with Crippen LogP contribution in [0.2, 0.25) is 0 Å². The van der Waals surface area contributed by atoms with Crippen molar-refractivity contribution in [1.82, 2.24) is 20.4 Å². The Bertz CT molecular complexity index is 1270. The molecule has 1 aliphatic heterocycles. The maximum Gasteiger partial charge on any atom is 0.251 e. The first-order valence-electron chi connectivity index (χ1n) is 13.6. The number of aromatic nitrogens is 2. The van der Waals surface area contributed by atoms with Crippen LogP contribution in [0.15, 0.2) is 47.0 Å². The quantitative estimate of drug-likeness (QED) is 0.496.